The predicted octanol–water partition coefficient (Wildman–Crippen LogP) is -4.97. The van der Waals surface area contributed by atoms with Gasteiger partial charge in [0.15, 0.2) is 6.54 Å². The number of hydrogen-bond donors (Lipinski definition) is 4. The average Bonchev–Trinajstić information content (AvgIpc) is 0.919. The number of carboxylic acids is 4. The summed E-state index contributed by atoms with van der Waals surface area (Å²) >= 11 is 0. The van der Waals surface area contributed by atoms with Crippen LogP contribution in [0.25, 0.3) is 0 Å². The summed E-state index contributed by atoms with van der Waals surface area (Å²) in [6, 6.07) is 0. The van der Waals surface area contributed by atoms with E-state index in [1.54, 1.807) is 0 Å². The molecule has 0 bridgehead atoms. The Morgan fingerprint density at radius 1 is 0.379 bits per heavy atom. The van der Waals surface area contributed by atoms with Crippen molar-refractivity contribution in [3.8, 4) is 0 Å². The van der Waals surface area contributed by atoms with Gasteiger partial charge in [0.1, 0.15) is 25.4 Å². The van der Waals surface area contributed by atoms with Gasteiger partial charge in [-0.1, -0.05) is 129 Å². The number of hydrogen-bond acceptors (Lipinski definition) is 20. The molecule has 0 spiro atoms. The van der Waals surface area contributed by atoms with Crippen molar-refractivity contribution in [2.24, 2.45) is 0 Å². The van der Waals surface area contributed by atoms with Crippen LogP contribution >= 0.6 is 0 Å². The van der Waals surface area contributed by atoms with Crippen LogP contribution in [0.2, 0.25) is 0 Å². The fourth-order valence-electron chi connectivity index (χ4n) is 11.3. The van der Waals surface area contributed by atoms with Crippen LogP contribution in [0.5, 0.6) is 0 Å². The minimum atomic E-state index is -4.34. The minimum absolute atomic E-state index is 0. The second-order valence-corrected chi connectivity index (χ2v) is 32.8. The van der Waals surface area contributed by atoms with Crippen LogP contribution in [-0.2, 0) is 69.2 Å². The van der Waals surface area contributed by atoms with Gasteiger partial charge in [0.05, 0.1) is 121 Å². The normalized spacial score (nSPS) is 12.1. The van der Waals surface area contributed by atoms with Crippen LogP contribution in [0.15, 0.2) is 0 Å². The van der Waals surface area contributed by atoms with E-state index in [9.17, 15) is 79.6 Å². The number of nitrogens with one attached hydrogen (secondary N) is 3. The fourth-order valence-corrected chi connectivity index (χ4v) is 13.2. The van der Waals surface area contributed by atoms with E-state index in [4.69, 9.17) is 17.7 Å². The number of rotatable bonds is 62. The van der Waals surface area contributed by atoms with E-state index in [0.717, 1.165) is 135 Å². The molecular formula is C69H133N7Na3O21S3+. The standard InChI is InChI=1S/C33H63N3O9S.C19H38N2O6S.C17H34N2O3.3Na.O3S/c1-35(2,27-32(39)40)25-17-16-20-29(37)19-12-8-5-6-9-13-21-30(46(43,44)45)22-14-10-7-11-15-23-31(38)34-24-18-26-36(3,4)28-33(41)42;1-4-11-17(28(25,26)27)12-8-6-5-7-9-13-18(22)20-14-10-15-21(2,3)16-19(23)24;1-4-5-6-7-8-9-10-12-16(20)18-13-11-14-19(2,3)15-17(21)22;;;;1-4(2)3/h30H,5-28H2,1-4H3,(H2-2,34,38,39,40,41,42,43,44,45);17H,4-16H2,1-3H3,(H2-,20,22,23,24,25,26,27);1,4-15H2,2-3H3,(H,18,20)(H,21,22);;;;/q;;;3*+1;/p-2. The smallest absolute Gasteiger partial charge is 0.748 e. The molecule has 0 aromatic rings. The molecule has 0 saturated carbocycles. The third kappa shape index (κ3) is 87.3. The number of amides is 3. The van der Waals surface area contributed by atoms with Crippen LogP contribution in [0.1, 0.15) is 251 Å². The zero-order chi connectivity index (χ0) is 77.1. The van der Waals surface area contributed by atoms with Gasteiger partial charge >= 0.3 is 105 Å². The number of ketones is 1. The SMILES string of the molecule is CCCC(CCCCCCCC(=O)NCCC[N+](C)(C)CC(=O)[O-])S(=O)(=O)[O-].C[N+](C)(CCCNC(=O)CCCCCCCC(CCCCCCCCC(=O)CCCC[N+](C)(C)CC(=O)O)S(=O)(=O)[O-])CC(=O)[O-].O=S(=O)=O.[CH2-]CCCCCCCCC(=O)NCCC[N+](C)(C)CC(=O)[O-].[Na+].[Na+].[Na+]. The van der Waals surface area contributed by atoms with E-state index < -0.39 is 65.2 Å². The van der Waals surface area contributed by atoms with Crippen molar-refractivity contribution >= 4 is 78.2 Å². The van der Waals surface area contributed by atoms with Gasteiger partial charge in [-0.05, 0) is 64.2 Å². The Kier molecular flexibility index (Phi) is 77.2. The number of quaternary nitrogens is 4. The maximum Gasteiger partial charge on any atom is 1.00 e. The Bertz CT molecular complexity index is 2610. The Hall–Kier alpha value is -1.76. The number of carboxylic acid groups (broad SMARTS) is 4. The first-order valence-electron chi connectivity index (χ1n) is 36.4. The van der Waals surface area contributed by atoms with Crippen LogP contribution in [0, 0.1) is 6.92 Å². The maximum atomic E-state index is 12.1. The van der Waals surface area contributed by atoms with E-state index in [1.807, 2.05) is 63.3 Å². The van der Waals surface area contributed by atoms with Crippen molar-refractivity contribution in [3.05, 3.63) is 6.92 Å². The summed E-state index contributed by atoms with van der Waals surface area (Å²) in [5, 5.41) is 47.9. The summed E-state index contributed by atoms with van der Waals surface area (Å²) in [4.78, 5) is 90.4. The van der Waals surface area contributed by atoms with E-state index in [1.165, 1.54) is 25.7 Å². The molecule has 0 radical (unpaired) electrons. The van der Waals surface area contributed by atoms with Gasteiger partial charge in [0, 0.05) is 81.5 Å². The van der Waals surface area contributed by atoms with Crippen molar-refractivity contribution in [1.82, 2.24) is 16.0 Å². The van der Waals surface area contributed by atoms with Gasteiger partial charge in [-0.25, -0.2) is 21.6 Å². The number of carbonyl (C=O) groups excluding carboxylic acids is 7. The average molecular weight is 1560 g/mol. The van der Waals surface area contributed by atoms with Gasteiger partial charge in [-0.3, -0.25) is 19.2 Å². The van der Waals surface area contributed by atoms with Crippen LogP contribution < -0.4 is 120 Å². The summed E-state index contributed by atoms with van der Waals surface area (Å²) in [5.74, 6) is -3.72. The Morgan fingerprint density at radius 3 is 0.874 bits per heavy atom. The fraction of sp³-hybridized carbons (Fsp3) is 0.870. The summed E-state index contributed by atoms with van der Waals surface area (Å²) in [6.07, 6.45) is 30.0. The largest absolute Gasteiger partial charge is 1.00 e. The molecule has 0 aliphatic heterocycles. The molecule has 590 valence electrons. The van der Waals surface area contributed by atoms with Crippen LogP contribution in [0.3, 0.4) is 0 Å². The van der Waals surface area contributed by atoms with Gasteiger partial charge < -0.3 is 84.7 Å². The maximum absolute atomic E-state index is 12.1. The molecule has 0 rings (SSSR count). The third-order valence-electron chi connectivity index (χ3n) is 16.9. The van der Waals surface area contributed by atoms with Crippen LogP contribution in [-0.4, -0.2) is 248 Å². The summed E-state index contributed by atoms with van der Waals surface area (Å²) < 4.78 is 95.4. The van der Waals surface area contributed by atoms with Crippen molar-refractivity contribution in [1.29, 1.82) is 0 Å². The van der Waals surface area contributed by atoms with Crippen molar-refractivity contribution < 1.29 is 204 Å². The molecule has 0 aliphatic rings. The van der Waals surface area contributed by atoms with Gasteiger partial charge in [-0.15, -0.1) is 12.6 Å². The number of aliphatic carboxylic acids is 4. The first-order chi connectivity index (χ1) is 46.5. The molecule has 103 heavy (non-hydrogen) atoms. The van der Waals surface area contributed by atoms with Gasteiger partial charge in [-0.2, -0.15) is 6.42 Å². The molecule has 0 aromatic carbocycles. The first kappa shape index (κ1) is 115. The molecule has 4 N–H and O–H groups in total. The number of unbranched alkanes of at least 4 members (excludes halogenated alkanes) is 20. The summed E-state index contributed by atoms with van der Waals surface area (Å²) in [6.45, 7) is 10.00. The molecule has 0 saturated heterocycles. The summed E-state index contributed by atoms with van der Waals surface area (Å²) in [7, 11) is 3.07. The molecule has 0 fully saturated rings. The molecule has 2 unspecified atom stereocenters. The molecule has 2 atom stereocenters. The van der Waals surface area contributed by atoms with E-state index >= 15 is 0 Å². The number of carbonyl (C=O) groups is 8. The predicted molar refractivity (Wildman–Crippen MR) is 377 cm³/mol. The Morgan fingerprint density at radius 2 is 0.612 bits per heavy atom. The molecule has 28 nitrogen and oxygen atoms in total. The van der Waals surface area contributed by atoms with E-state index in [0.29, 0.717) is 147 Å². The second-order valence-electron chi connectivity index (χ2n) is 29.1. The second kappa shape index (κ2) is 69.4. The van der Waals surface area contributed by atoms with Crippen molar-refractivity contribution in [2.75, 3.05) is 128 Å². The van der Waals surface area contributed by atoms with Crippen LogP contribution in [0.4, 0.5) is 0 Å². The van der Waals surface area contributed by atoms with Gasteiger partial charge in [0.2, 0.25) is 17.7 Å². The minimum Gasteiger partial charge on any atom is -0.748 e. The first-order valence-corrected chi connectivity index (χ1v) is 40.3. The number of likely N-dealkylation sites (N-methyl/N-ethyl adjacent to an activating group) is 4. The van der Waals surface area contributed by atoms with Crippen molar-refractivity contribution in [3.63, 3.8) is 0 Å². The monoisotopic (exact) mass is 1560 g/mol. The third-order valence-corrected chi connectivity index (χ3v) is 19.5. The molecule has 3 amide bonds. The van der Waals surface area contributed by atoms with E-state index in [2.05, 4.69) is 22.9 Å². The molecular weight excluding hydrogens is 1430 g/mol. The van der Waals surface area contributed by atoms with E-state index in [-0.39, 0.29) is 138 Å². The molecule has 0 heterocycles. The zero-order valence-corrected chi connectivity index (χ0v) is 74.1. The molecule has 0 aliphatic carbocycles. The topological polar surface area (TPSA) is 428 Å². The Balaban J connectivity index is -0.000000276. The quantitative estimate of drug-likeness (QED) is 0.0146. The summed E-state index contributed by atoms with van der Waals surface area (Å²) in [5.41, 5.74) is 0. The number of Topliss-reactive ketones (excluding diaryl/α,β-unsaturated/α-hetero) is 1. The van der Waals surface area contributed by atoms with Crippen molar-refractivity contribution in [2.45, 2.75) is 261 Å². The molecule has 34 heteroatoms. The van der Waals surface area contributed by atoms with Gasteiger partial charge in [0.25, 0.3) is 0 Å². The zero-order valence-electron chi connectivity index (χ0n) is 65.6. The molecule has 0 aromatic heterocycles. The number of nitrogens with zero attached hydrogens (tertiary/aromatic N) is 4. The Labute approximate surface area is 688 Å².